The highest BCUT2D eigenvalue weighted by Crippen LogP contribution is 2.23. The first-order chi connectivity index (χ1) is 7.34. The lowest BCUT2D eigenvalue weighted by Crippen LogP contribution is -2.35. The molecule has 0 aliphatic heterocycles. The van der Waals surface area contributed by atoms with Crippen molar-refractivity contribution >= 4 is 22.6 Å². The van der Waals surface area contributed by atoms with Gasteiger partial charge in [-0.3, -0.25) is 4.79 Å². The molecular weight excluding hydrogens is 224 g/mol. The fourth-order valence-corrected chi connectivity index (χ4v) is 1.90. The third-order valence-electron chi connectivity index (χ3n) is 2.08. The number of amides is 1. The molecule has 6 heteroatoms. The summed E-state index contributed by atoms with van der Waals surface area (Å²) in [5, 5.41) is 6.28. The van der Waals surface area contributed by atoms with Crippen LogP contribution in [0, 0.1) is 0 Å². The lowest BCUT2D eigenvalue weighted by atomic mass is 9.96. The number of likely N-dealkylation sites (N-methyl/N-ethyl adjacent to an activating group) is 1. The molecule has 0 radical (unpaired) electrons. The van der Waals surface area contributed by atoms with Crippen LogP contribution in [0.3, 0.4) is 0 Å². The molecule has 0 aromatic carbocycles. The van der Waals surface area contributed by atoms with Gasteiger partial charge in [0.05, 0.1) is 0 Å². The highest BCUT2D eigenvalue weighted by atomic mass is 32.1. The zero-order chi connectivity index (χ0) is 12.3. The molecule has 0 aliphatic carbocycles. The fraction of sp³-hybridized carbons (Fsp3) is 0.700. The van der Waals surface area contributed by atoms with Crippen LogP contribution in [0.1, 0.15) is 33.5 Å². The van der Waals surface area contributed by atoms with Crippen molar-refractivity contribution in [2.24, 2.45) is 0 Å². The van der Waals surface area contributed by atoms with Crippen molar-refractivity contribution in [2.45, 2.75) is 39.2 Å². The zero-order valence-electron chi connectivity index (χ0n) is 10.3. The predicted octanol–water partition coefficient (Wildman–Crippen LogP) is 1.38. The second-order valence-corrected chi connectivity index (χ2v) is 5.41. The SMILES string of the molecule is CNC(=O)C(C)Nc1nc(C(C)(C)C)ns1. The average molecular weight is 242 g/mol. The second kappa shape index (κ2) is 4.78. The summed E-state index contributed by atoms with van der Waals surface area (Å²) in [6.45, 7) is 7.96. The predicted molar refractivity (Wildman–Crippen MR) is 65.8 cm³/mol. The highest BCUT2D eigenvalue weighted by Gasteiger charge is 2.20. The van der Waals surface area contributed by atoms with E-state index in [1.165, 1.54) is 11.5 Å². The lowest BCUT2D eigenvalue weighted by molar-refractivity contribution is -0.121. The summed E-state index contributed by atoms with van der Waals surface area (Å²) < 4.78 is 4.26. The molecule has 1 heterocycles. The van der Waals surface area contributed by atoms with Gasteiger partial charge in [0.15, 0.2) is 0 Å². The number of anilines is 1. The zero-order valence-corrected chi connectivity index (χ0v) is 11.1. The van der Waals surface area contributed by atoms with E-state index in [2.05, 4.69) is 40.8 Å². The van der Waals surface area contributed by atoms with Gasteiger partial charge in [0, 0.05) is 24.0 Å². The smallest absolute Gasteiger partial charge is 0.242 e. The van der Waals surface area contributed by atoms with Gasteiger partial charge in [0.1, 0.15) is 11.9 Å². The third-order valence-corrected chi connectivity index (χ3v) is 2.72. The minimum absolute atomic E-state index is 0.0625. The number of nitrogens with zero attached hydrogens (tertiary/aromatic N) is 2. The Morgan fingerprint density at radius 3 is 2.50 bits per heavy atom. The molecule has 2 N–H and O–H groups in total. The molecule has 1 atom stereocenters. The fourth-order valence-electron chi connectivity index (χ4n) is 1.05. The van der Waals surface area contributed by atoms with Crippen LogP contribution in [-0.4, -0.2) is 28.4 Å². The van der Waals surface area contributed by atoms with Gasteiger partial charge in [-0.1, -0.05) is 20.8 Å². The molecule has 1 rings (SSSR count). The number of hydrogen-bond acceptors (Lipinski definition) is 5. The van der Waals surface area contributed by atoms with Crippen molar-refractivity contribution in [2.75, 3.05) is 12.4 Å². The van der Waals surface area contributed by atoms with E-state index >= 15 is 0 Å². The van der Waals surface area contributed by atoms with Crippen LogP contribution >= 0.6 is 11.5 Å². The van der Waals surface area contributed by atoms with Gasteiger partial charge >= 0.3 is 0 Å². The van der Waals surface area contributed by atoms with Crippen LogP contribution in [0.25, 0.3) is 0 Å². The van der Waals surface area contributed by atoms with E-state index in [4.69, 9.17) is 0 Å². The van der Waals surface area contributed by atoms with Crippen molar-refractivity contribution in [3.8, 4) is 0 Å². The molecule has 90 valence electrons. The topological polar surface area (TPSA) is 66.9 Å². The minimum atomic E-state index is -0.300. The van der Waals surface area contributed by atoms with Gasteiger partial charge in [0.2, 0.25) is 11.0 Å². The summed E-state index contributed by atoms with van der Waals surface area (Å²) >= 11 is 1.28. The molecule has 0 spiro atoms. The van der Waals surface area contributed by atoms with E-state index in [0.29, 0.717) is 5.13 Å². The van der Waals surface area contributed by atoms with Gasteiger partial charge in [-0.2, -0.15) is 4.37 Å². The number of carbonyl (C=O) groups is 1. The van der Waals surface area contributed by atoms with Crippen molar-refractivity contribution in [1.82, 2.24) is 14.7 Å². The quantitative estimate of drug-likeness (QED) is 0.840. The van der Waals surface area contributed by atoms with E-state index in [1.54, 1.807) is 14.0 Å². The molecule has 1 amide bonds. The number of nitrogens with one attached hydrogen (secondary N) is 2. The third kappa shape index (κ3) is 3.16. The average Bonchev–Trinajstić information content (AvgIpc) is 2.64. The maximum atomic E-state index is 11.3. The van der Waals surface area contributed by atoms with Gasteiger partial charge < -0.3 is 10.6 Å². The Morgan fingerprint density at radius 2 is 2.06 bits per heavy atom. The molecule has 5 nitrogen and oxygen atoms in total. The van der Waals surface area contributed by atoms with Crippen molar-refractivity contribution in [1.29, 1.82) is 0 Å². The van der Waals surface area contributed by atoms with Crippen LogP contribution in [0.2, 0.25) is 0 Å². The van der Waals surface area contributed by atoms with Crippen molar-refractivity contribution < 1.29 is 4.79 Å². The first-order valence-corrected chi connectivity index (χ1v) is 5.94. The Balaban J connectivity index is 2.69. The number of rotatable bonds is 3. The van der Waals surface area contributed by atoms with Crippen molar-refractivity contribution in [3.05, 3.63) is 5.82 Å². The van der Waals surface area contributed by atoms with Crippen LogP contribution in [0.15, 0.2) is 0 Å². The summed E-state index contributed by atoms with van der Waals surface area (Å²) in [5.74, 6) is 0.733. The van der Waals surface area contributed by atoms with Crippen LogP contribution in [0.5, 0.6) is 0 Å². The molecule has 0 saturated heterocycles. The van der Waals surface area contributed by atoms with E-state index in [0.717, 1.165) is 5.82 Å². The Morgan fingerprint density at radius 1 is 1.44 bits per heavy atom. The van der Waals surface area contributed by atoms with E-state index < -0.39 is 0 Å². The van der Waals surface area contributed by atoms with E-state index in [9.17, 15) is 4.79 Å². The molecule has 1 aromatic heterocycles. The first kappa shape index (κ1) is 12.9. The standard InChI is InChI=1S/C10H18N4OS/c1-6(7(15)11-5)12-9-13-8(14-16-9)10(2,3)4/h6H,1-5H3,(H,11,15)(H,12,13,14). The summed E-state index contributed by atoms with van der Waals surface area (Å²) in [6.07, 6.45) is 0. The number of aromatic nitrogens is 2. The molecule has 0 saturated carbocycles. The normalized spacial score (nSPS) is 13.3. The van der Waals surface area contributed by atoms with Gasteiger partial charge in [-0.25, -0.2) is 4.98 Å². The number of hydrogen-bond donors (Lipinski definition) is 2. The van der Waals surface area contributed by atoms with E-state index in [-0.39, 0.29) is 17.4 Å². The van der Waals surface area contributed by atoms with Crippen LogP contribution in [0.4, 0.5) is 5.13 Å². The van der Waals surface area contributed by atoms with E-state index in [1.807, 2.05) is 0 Å². The molecule has 0 aliphatic rings. The summed E-state index contributed by atoms with van der Waals surface area (Å²) in [6, 6.07) is -0.300. The summed E-state index contributed by atoms with van der Waals surface area (Å²) in [4.78, 5) is 15.7. The maximum Gasteiger partial charge on any atom is 0.242 e. The second-order valence-electron chi connectivity index (χ2n) is 4.65. The first-order valence-electron chi connectivity index (χ1n) is 5.17. The largest absolute Gasteiger partial charge is 0.357 e. The summed E-state index contributed by atoms with van der Waals surface area (Å²) in [5.41, 5.74) is -0.0628. The van der Waals surface area contributed by atoms with Gasteiger partial charge in [-0.05, 0) is 6.92 Å². The van der Waals surface area contributed by atoms with Crippen LogP contribution in [-0.2, 0) is 10.2 Å². The summed E-state index contributed by atoms with van der Waals surface area (Å²) in [7, 11) is 1.61. The highest BCUT2D eigenvalue weighted by molar-refractivity contribution is 7.09. The molecule has 0 bridgehead atoms. The molecule has 0 fully saturated rings. The monoisotopic (exact) mass is 242 g/mol. The van der Waals surface area contributed by atoms with Crippen molar-refractivity contribution in [3.63, 3.8) is 0 Å². The van der Waals surface area contributed by atoms with Gasteiger partial charge in [-0.15, -0.1) is 0 Å². The van der Waals surface area contributed by atoms with Crippen LogP contribution < -0.4 is 10.6 Å². The Bertz CT molecular complexity index is 369. The van der Waals surface area contributed by atoms with Gasteiger partial charge in [0.25, 0.3) is 0 Å². The molecule has 16 heavy (non-hydrogen) atoms. The Kier molecular flexibility index (Phi) is 3.85. The Labute approximate surface area is 99.8 Å². The molecule has 1 unspecified atom stereocenters. The lowest BCUT2D eigenvalue weighted by Gasteiger charge is -2.13. The minimum Gasteiger partial charge on any atom is -0.357 e. The maximum absolute atomic E-state index is 11.3. The number of carbonyl (C=O) groups excluding carboxylic acids is 1. The molecular formula is C10H18N4OS. The Hall–Kier alpha value is -1.17. The molecule has 1 aromatic rings.